The molecule has 1 rings (SSSR count). The van der Waals surface area contributed by atoms with Crippen LogP contribution in [0.3, 0.4) is 0 Å². The van der Waals surface area contributed by atoms with E-state index in [1.54, 1.807) is 0 Å². The van der Waals surface area contributed by atoms with Crippen LogP contribution in [0.4, 0.5) is 0 Å². The highest BCUT2D eigenvalue weighted by Crippen LogP contribution is 2.19. The fraction of sp³-hybridized carbons (Fsp3) is 0.429. The quantitative estimate of drug-likeness (QED) is 0.814. The normalized spacial score (nSPS) is 11.9. The van der Waals surface area contributed by atoms with E-state index in [1.807, 2.05) is 37.3 Å². The van der Waals surface area contributed by atoms with Crippen LogP contribution in [0, 0.1) is 0 Å². The fourth-order valence-corrected chi connectivity index (χ4v) is 1.83. The Labute approximate surface area is 112 Å². The number of carboxylic acids is 1. The van der Waals surface area contributed by atoms with Crippen molar-refractivity contribution in [1.82, 2.24) is 4.90 Å². The van der Waals surface area contributed by atoms with Crippen molar-refractivity contribution in [3.05, 3.63) is 35.9 Å². The molecule has 0 fully saturated rings. The molecule has 0 saturated carbocycles. The summed E-state index contributed by atoms with van der Waals surface area (Å²) in [5.41, 5.74) is 0.767. The lowest BCUT2D eigenvalue weighted by Crippen LogP contribution is -2.37. The SMILES string of the molecule is CCN(CCC(=O)O)C(=O)[C@H](OC)c1ccccc1. The van der Waals surface area contributed by atoms with Crippen molar-refractivity contribution in [3.63, 3.8) is 0 Å². The molecule has 0 radical (unpaired) electrons. The van der Waals surface area contributed by atoms with E-state index in [1.165, 1.54) is 12.0 Å². The maximum atomic E-state index is 12.3. The van der Waals surface area contributed by atoms with Gasteiger partial charge in [-0.2, -0.15) is 0 Å². The highest BCUT2D eigenvalue weighted by Gasteiger charge is 2.24. The van der Waals surface area contributed by atoms with E-state index in [4.69, 9.17) is 9.84 Å². The Bertz CT molecular complexity index is 419. The topological polar surface area (TPSA) is 66.8 Å². The van der Waals surface area contributed by atoms with Crippen LogP contribution in [-0.4, -0.2) is 42.1 Å². The minimum absolute atomic E-state index is 0.0647. The van der Waals surface area contributed by atoms with Gasteiger partial charge in [0.2, 0.25) is 0 Å². The Morgan fingerprint density at radius 2 is 1.95 bits per heavy atom. The summed E-state index contributed by atoms with van der Waals surface area (Å²) in [6.07, 6.45) is -0.750. The number of rotatable bonds is 7. The monoisotopic (exact) mass is 265 g/mol. The Balaban J connectivity index is 2.79. The fourth-order valence-electron chi connectivity index (χ4n) is 1.83. The first kappa shape index (κ1) is 15.2. The summed E-state index contributed by atoms with van der Waals surface area (Å²) >= 11 is 0. The molecule has 1 aromatic carbocycles. The van der Waals surface area contributed by atoms with Crippen molar-refractivity contribution >= 4 is 11.9 Å². The van der Waals surface area contributed by atoms with Crippen molar-refractivity contribution in [2.45, 2.75) is 19.4 Å². The zero-order valence-electron chi connectivity index (χ0n) is 11.2. The molecular formula is C14H19NO4. The molecule has 0 unspecified atom stereocenters. The summed E-state index contributed by atoms with van der Waals surface area (Å²) in [6.45, 7) is 2.47. The molecule has 0 aliphatic carbocycles. The molecular weight excluding hydrogens is 246 g/mol. The molecule has 5 heteroatoms. The van der Waals surface area contributed by atoms with Crippen LogP contribution in [0.5, 0.6) is 0 Å². The van der Waals surface area contributed by atoms with E-state index in [9.17, 15) is 9.59 Å². The number of aliphatic carboxylic acids is 1. The third kappa shape index (κ3) is 4.37. The number of ether oxygens (including phenoxy) is 1. The molecule has 5 nitrogen and oxygen atoms in total. The highest BCUT2D eigenvalue weighted by molar-refractivity contribution is 5.82. The van der Waals surface area contributed by atoms with Crippen molar-refractivity contribution in [2.75, 3.05) is 20.2 Å². The summed E-state index contributed by atoms with van der Waals surface area (Å²) in [7, 11) is 1.47. The van der Waals surface area contributed by atoms with Gasteiger partial charge in [-0.3, -0.25) is 9.59 Å². The van der Waals surface area contributed by atoms with Crippen LogP contribution in [0.15, 0.2) is 30.3 Å². The van der Waals surface area contributed by atoms with Crippen LogP contribution in [0.1, 0.15) is 25.0 Å². The summed E-state index contributed by atoms with van der Waals surface area (Å²) in [5.74, 6) is -1.13. The number of carbonyl (C=O) groups is 2. The third-order valence-electron chi connectivity index (χ3n) is 2.85. The zero-order valence-corrected chi connectivity index (χ0v) is 11.2. The standard InChI is InChI=1S/C14H19NO4/c1-3-15(10-9-12(16)17)14(18)13(19-2)11-7-5-4-6-8-11/h4-8,13H,3,9-10H2,1-2H3,(H,16,17)/t13-/m1/s1. The van der Waals surface area contributed by atoms with Crippen molar-refractivity contribution < 1.29 is 19.4 Å². The van der Waals surface area contributed by atoms with Gasteiger partial charge in [0.15, 0.2) is 6.10 Å². The first-order valence-corrected chi connectivity index (χ1v) is 6.18. The van der Waals surface area contributed by atoms with Gasteiger partial charge in [-0.25, -0.2) is 0 Å². The molecule has 19 heavy (non-hydrogen) atoms. The Hall–Kier alpha value is -1.88. The van der Waals surface area contributed by atoms with Gasteiger partial charge in [0.05, 0.1) is 6.42 Å². The van der Waals surface area contributed by atoms with Gasteiger partial charge in [-0.15, -0.1) is 0 Å². The van der Waals surface area contributed by atoms with E-state index in [0.29, 0.717) is 6.54 Å². The van der Waals surface area contributed by atoms with E-state index >= 15 is 0 Å². The zero-order chi connectivity index (χ0) is 14.3. The van der Waals surface area contributed by atoms with Gasteiger partial charge < -0.3 is 14.7 Å². The number of hydrogen-bond acceptors (Lipinski definition) is 3. The average Bonchev–Trinajstić information content (AvgIpc) is 2.41. The summed E-state index contributed by atoms with van der Waals surface area (Å²) in [6, 6.07) is 9.17. The molecule has 0 aliphatic heterocycles. The van der Waals surface area contributed by atoms with Gasteiger partial charge >= 0.3 is 5.97 Å². The van der Waals surface area contributed by atoms with Crippen LogP contribution in [-0.2, 0) is 14.3 Å². The average molecular weight is 265 g/mol. The second-order valence-corrected chi connectivity index (χ2v) is 4.09. The number of nitrogens with zero attached hydrogens (tertiary/aromatic N) is 1. The summed E-state index contributed by atoms with van der Waals surface area (Å²) in [4.78, 5) is 24.4. The van der Waals surface area contributed by atoms with Gasteiger partial charge in [-0.05, 0) is 12.5 Å². The maximum Gasteiger partial charge on any atom is 0.305 e. The number of hydrogen-bond donors (Lipinski definition) is 1. The number of methoxy groups -OCH3 is 1. The van der Waals surface area contributed by atoms with Gasteiger partial charge in [0.1, 0.15) is 0 Å². The molecule has 104 valence electrons. The molecule has 0 bridgehead atoms. The van der Waals surface area contributed by atoms with Gasteiger partial charge in [-0.1, -0.05) is 30.3 Å². The van der Waals surface area contributed by atoms with E-state index < -0.39 is 12.1 Å². The van der Waals surface area contributed by atoms with Crippen LogP contribution in [0.2, 0.25) is 0 Å². The molecule has 0 aliphatic rings. The molecule has 0 aromatic heterocycles. The van der Waals surface area contributed by atoms with E-state index in [2.05, 4.69) is 0 Å². The molecule has 0 saturated heterocycles. The lowest BCUT2D eigenvalue weighted by molar-refractivity contribution is -0.143. The molecule has 0 heterocycles. The minimum atomic E-state index is -0.917. The maximum absolute atomic E-state index is 12.3. The van der Waals surface area contributed by atoms with Crippen molar-refractivity contribution in [2.24, 2.45) is 0 Å². The first-order valence-electron chi connectivity index (χ1n) is 6.18. The molecule has 1 amide bonds. The minimum Gasteiger partial charge on any atom is -0.481 e. The largest absolute Gasteiger partial charge is 0.481 e. The van der Waals surface area contributed by atoms with E-state index in [-0.39, 0.29) is 18.9 Å². The lowest BCUT2D eigenvalue weighted by atomic mass is 10.1. The Morgan fingerprint density at radius 1 is 1.32 bits per heavy atom. The van der Waals surface area contributed by atoms with Crippen LogP contribution < -0.4 is 0 Å². The molecule has 1 aromatic rings. The summed E-state index contributed by atoms with van der Waals surface area (Å²) < 4.78 is 5.25. The molecule has 0 spiro atoms. The number of likely N-dealkylation sites (N-methyl/N-ethyl adjacent to an activating group) is 1. The van der Waals surface area contributed by atoms with Crippen molar-refractivity contribution in [1.29, 1.82) is 0 Å². The van der Waals surface area contributed by atoms with Crippen LogP contribution >= 0.6 is 0 Å². The second-order valence-electron chi connectivity index (χ2n) is 4.09. The predicted octanol–water partition coefficient (Wildman–Crippen LogP) is 1.70. The Kier molecular flexibility index (Phi) is 6.02. The third-order valence-corrected chi connectivity index (χ3v) is 2.85. The van der Waals surface area contributed by atoms with Crippen molar-refractivity contribution in [3.8, 4) is 0 Å². The molecule has 1 atom stereocenters. The van der Waals surface area contributed by atoms with E-state index in [0.717, 1.165) is 5.56 Å². The smallest absolute Gasteiger partial charge is 0.305 e. The lowest BCUT2D eigenvalue weighted by Gasteiger charge is -2.25. The van der Waals surface area contributed by atoms with Gasteiger partial charge in [0, 0.05) is 20.2 Å². The van der Waals surface area contributed by atoms with Crippen LogP contribution in [0.25, 0.3) is 0 Å². The molecule has 1 N–H and O–H groups in total. The predicted molar refractivity (Wildman–Crippen MR) is 70.7 cm³/mol. The second kappa shape index (κ2) is 7.53. The number of carboxylic acid groups (broad SMARTS) is 1. The number of amides is 1. The Morgan fingerprint density at radius 3 is 2.42 bits per heavy atom. The van der Waals surface area contributed by atoms with Gasteiger partial charge in [0.25, 0.3) is 5.91 Å². The first-order chi connectivity index (χ1) is 9.10. The highest BCUT2D eigenvalue weighted by atomic mass is 16.5. The number of carbonyl (C=O) groups excluding carboxylic acids is 1. The summed E-state index contributed by atoms with van der Waals surface area (Å²) in [5, 5.41) is 8.68. The number of benzene rings is 1.